The van der Waals surface area contributed by atoms with E-state index in [0.717, 1.165) is 13.3 Å². The van der Waals surface area contributed by atoms with Crippen molar-refractivity contribution in [3.8, 4) is 11.5 Å². The molecule has 0 bridgehead atoms. The fraction of sp³-hybridized carbons (Fsp3) is 0.667. The van der Waals surface area contributed by atoms with Crippen LogP contribution in [0.4, 0.5) is 10.5 Å². The summed E-state index contributed by atoms with van der Waals surface area (Å²) in [6, 6.07) is 11.2. The number of non-ortho nitro benzene ring substituents is 1. The number of aliphatic hydroxyl groups is 4. The van der Waals surface area contributed by atoms with E-state index in [2.05, 4.69) is 13.0 Å². The van der Waals surface area contributed by atoms with E-state index in [0.29, 0.717) is 50.7 Å². The molecule has 74 heavy (non-hydrogen) atoms. The Labute approximate surface area is 430 Å². The van der Waals surface area contributed by atoms with Gasteiger partial charge in [0, 0.05) is 43.2 Å². The maximum absolute atomic E-state index is 14.3. The zero-order valence-corrected chi connectivity index (χ0v) is 43.0. The molecule has 0 spiro atoms. The van der Waals surface area contributed by atoms with Gasteiger partial charge in [0.25, 0.3) is 5.69 Å². The third-order valence-corrected chi connectivity index (χ3v) is 17.2. The summed E-state index contributed by atoms with van der Waals surface area (Å²) in [5.74, 6) is -1.83. The molecule has 8 rings (SSSR count). The van der Waals surface area contributed by atoms with Crippen molar-refractivity contribution in [3.63, 3.8) is 0 Å². The van der Waals surface area contributed by atoms with Crippen molar-refractivity contribution in [1.29, 1.82) is 0 Å². The molecule has 4 aliphatic carbocycles. The molecule has 20 heteroatoms. The average Bonchev–Trinajstić information content (AvgIpc) is 3.60. The van der Waals surface area contributed by atoms with Crippen molar-refractivity contribution in [3.05, 3.63) is 75.9 Å². The molecule has 5 fully saturated rings. The van der Waals surface area contributed by atoms with Gasteiger partial charge in [-0.15, -0.1) is 0 Å². The average molecular weight is 1040 g/mol. The predicted octanol–water partition coefficient (Wildman–Crippen LogP) is 6.16. The number of rotatable bonds is 16. The van der Waals surface area contributed by atoms with E-state index in [1.54, 1.807) is 19.1 Å². The minimum absolute atomic E-state index is 0.0439. The molecule has 406 valence electrons. The number of ketones is 1. The highest BCUT2D eigenvalue weighted by atomic mass is 16.8. The van der Waals surface area contributed by atoms with E-state index >= 15 is 0 Å². The molecule has 2 aromatic carbocycles. The van der Waals surface area contributed by atoms with Gasteiger partial charge < -0.3 is 63.1 Å². The first kappa shape index (κ1) is 55.2. The molecule has 2 aliphatic heterocycles. The van der Waals surface area contributed by atoms with Crippen molar-refractivity contribution in [2.45, 2.75) is 166 Å². The Hall–Kier alpha value is -5.06. The quantitative estimate of drug-likeness (QED) is 0.0366. The lowest BCUT2D eigenvalue weighted by Gasteiger charge is -2.59. The molecule has 20 nitrogen and oxygen atoms in total. The van der Waals surface area contributed by atoms with Gasteiger partial charge >= 0.3 is 18.1 Å². The second-order valence-electron chi connectivity index (χ2n) is 21.9. The topological polar surface area (TPSA) is 275 Å². The number of hydrogen-bond acceptors (Lipinski definition) is 19. The number of hydrogen-bond donors (Lipinski definition) is 4. The summed E-state index contributed by atoms with van der Waals surface area (Å²) < 4.78 is 53.0. The molecule has 9 unspecified atom stereocenters. The number of benzene rings is 2. The largest absolute Gasteiger partial charge is 0.514 e. The standard InChI is InChI=1S/C54H71NO19/c1-28(2)8-19-40(57)29(3)54(63)43(25-39-37-18-11-32-24-36(20-22-52(32,5)38(37)21-23-53(39,54)6)71-51(62)70-35-16-12-33(13-17-35)55(64)65)72-50-47(69-30(4)56)45(42(59)27-68-50)74-49-46(44(60)41(58)26-67-49)73-48(61)31-9-14-34(66-7)15-10-31/h9-17,28-29,36-39,41-47,49-50,58-60,63H,8,18-27H2,1-7H3/t29-,36+,37-,38?,39+,41?,42?,43+,44?,45?,46?,47?,49?,50?,52+,53+,54-/m1/s1. The first-order chi connectivity index (χ1) is 35.1. The summed E-state index contributed by atoms with van der Waals surface area (Å²) in [5.41, 5.74) is -1.77. The summed E-state index contributed by atoms with van der Waals surface area (Å²) in [6.45, 7) is 10.4. The van der Waals surface area contributed by atoms with Crippen LogP contribution < -0.4 is 9.47 Å². The number of aliphatic hydroxyl groups excluding tert-OH is 3. The minimum atomic E-state index is -1.76. The summed E-state index contributed by atoms with van der Waals surface area (Å²) >= 11 is 0. The SMILES string of the molecule is COc1ccc(C(=O)OC2C(OC3C(O)COC(O[C@H]4C[C@H]5[C@@H]6CC=C7C[C@@H](OC(=O)Oc8ccc([N+](=O)[O-])cc8)CC[C@]7(C)C6CC[C@]5(C)[C@@]4(O)[C@H](C)C(=O)CCC(C)C)C3OC(C)=O)OCC(O)C2O)cc1. The number of methoxy groups -OCH3 is 1. The van der Waals surface area contributed by atoms with Crippen LogP contribution in [0.2, 0.25) is 0 Å². The number of Topliss-reactive ketones (excluding diaryl/α,β-unsaturated/α-hetero) is 1. The molecular weight excluding hydrogens is 967 g/mol. The van der Waals surface area contributed by atoms with Gasteiger partial charge in [0.1, 0.15) is 53.4 Å². The first-order valence-corrected chi connectivity index (χ1v) is 25.8. The highest BCUT2D eigenvalue weighted by molar-refractivity contribution is 5.89. The smallest absolute Gasteiger partial charge is 0.497 e. The van der Waals surface area contributed by atoms with Crippen LogP contribution in [0.1, 0.15) is 110 Å². The van der Waals surface area contributed by atoms with Gasteiger partial charge in [-0.2, -0.15) is 0 Å². The number of esters is 2. The fourth-order valence-corrected chi connectivity index (χ4v) is 13.1. The van der Waals surface area contributed by atoms with Gasteiger partial charge in [-0.05, 0) is 110 Å². The molecule has 3 saturated carbocycles. The molecule has 2 aromatic rings. The number of nitrogens with zero attached hydrogens (tertiary/aromatic N) is 1. The van der Waals surface area contributed by atoms with Crippen LogP contribution in [0.15, 0.2) is 60.2 Å². The predicted molar refractivity (Wildman–Crippen MR) is 259 cm³/mol. The molecule has 0 aromatic heterocycles. The highest BCUT2D eigenvalue weighted by Gasteiger charge is 2.71. The van der Waals surface area contributed by atoms with Gasteiger partial charge in [-0.1, -0.05) is 46.3 Å². The van der Waals surface area contributed by atoms with Crippen molar-refractivity contribution in [2.24, 2.45) is 40.4 Å². The number of fused-ring (bicyclic) bond motifs is 5. The fourth-order valence-electron chi connectivity index (χ4n) is 13.1. The number of nitro groups is 1. The second kappa shape index (κ2) is 22.3. The summed E-state index contributed by atoms with van der Waals surface area (Å²) in [4.78, 5) is 64.1. The Morgan fingerprint density at radius 2 is 1.49 bits per heavy atom. The van der Waals surface area contributed by atoms with Crippen molar-refractivity contribution in [1.82, 2.24) is 0 Å². The molecule has 4 N–H and O–H groups in total. The van der Waals surface area contributed by atoms with Gasteiger partial charge in [0.15, 0.2) is 24.8 Å². The Morgan fingerprint density at radius 1 is 0.824 bits per heavy atom. The normalized spacial score (nSPS) is 37.0. The van der Waals surface area contributed by atoms with Crippen molar-refractivity contribution < 1.29 is 87.2 Å². The molecule has 0 amide bonds. The Kier molecular flexibility index (Phi) is 16.6. The van der Waals surface area contributed by atoms with Crippen LogP contribution in [-0.4, -0.2) is 137 Å². The lowest BCUT2D eigenvalue weighted by Crippen LogP contribution is -2.64. The van der Waals surface area contributed by atoms with Crippen LogP contribution in [0.3, 0.4) is 0 Å². The number of carbonyl (C=O) groups excluding carboxylic acids is 4. The third-order valence-electron chi connectivity index (χ3n) is 17.2. The molecule has 0 radical (unpaired) electrons. The first-order valence-electron chi connectivity index (χ1n) is 25.8. The number of ether oxygens (including phenoxy) is 9. The number of allylic oxidation sites excluding steroid dienone is 1. The van der Waals surface area contributed by atoms with Gasteiger partial charge in [-0.3, -0.25) is 19.7 Å². The van der Waals surface area contributed by atoms with E-state index in [1.165, 1.54) is 49.1 Å². The van der Waals surface area contributed by atoms with Crippen LogP contribution in [0, 0.1) is 50.5 Å². The molecule has 6 aliphatic rings. The van der Waals surface area contributed by atoms with Gasteiger partial charge in [0.05, 0.1) is 36.9 Å². The van der Waals surface area contributed by atoms with E-state index in [4.69, 9.17) is 42.6 Å². The third kappa shape index (κ3) is 10.8. The Bertz CT molecular complexity index is 2400. The monoisotopic (exact) mass is 1040 g/mol. The molecule has 17 atom stereocenters. The zero-order valence-electron chi connectivity index (χ0n) is 43.0. The minimum Gasteiger partial charge on any atom is -0.497 e. The van der Waals surface area contributed by atoms with E-state index in [1.807, 2.05) is 20.8 Å². The van der Waals surface area contributed by atoms with Crippen LogP contribution in [0.5, 0.6) is 11.5 Å². The summed E-state index contributed by atoms with van der Waals surface area (Å²) in [5, 5.41) is 58.0. The van der Waals surface area contributed by atoms with E-state index < -0.39 is 115 Å². The summed E-state index contributed by atoms with van der Waals surface area (Å²) in [7, 11) is 1.47. The number of nitro benzene ring substituents is 1. The molecule has 2 saturated heterocycles. The Balaban J connectivity index is 1.04. The van der Waals surface area contributed by atoms with Gasteiger partial charge in [-0.25, -0.2) is 9.59 Å². The lowest BCUT2D eigenvalue weighted by atomic mass is 9.46. The van der Waals surface area contributed by atoms with Crippen LogP contribution >= 0.6 is 0 Å². The number of carbonyl (C=O) groups is 4. The van der Waals surface area contributed by atoms with Crippen molar-refractivity contribution >= 4 is 29.6 Å². The lowest BCUT2D eigenvalue weighted by molar-refractivity contribution is -0.384. The second-order valence-corrected chi connectivity index (χ2v) is 21.9. The maximum Gasteiger partial charge on any atom is 0.514 e. The maximum atomic E-state index is 14.3. The van der Waals surface area contributed by atoms with Crippen LogP contribution in [-0.2, 0) is 42.7 Å². The van der Waals surface area contributed by atoms with E-state index in [9.17, 15) is 49.7 Å². The van der Waals surface area contributed by atoms with Crippen molar-refractivity contribution in [2.75, 3.05) is 20.3 Å². The van der Waals surface area contributed by atoms with Gasteiger partial charge in [0.2, 0.25) is 0 Å². The molecule has 2 heterocycles. The van der Waals surface area contributed by atoms with Crippen LogP contribution in [0.25, 0.3) is 0 Å². The Morgan fingerprint density at radius 3 is 2.14 bits per heavy atom. The van der Waals surface area contributed by atoms with E-state index in [-0.39, 0.29) is 58.3 Å². The summed E-state index contributed by atoms with van der Waals surface area (Å²) in [6.07, 6.45) is -7.72. The zero-order chi connectivity index (χ0) is 53.4. The highest BCUT2D eigenvalue weighted by Crippen LogP contribution is 2.69. The molecular formula is C54H71NO19.